The third kappa shape index (κ3) is 2.44. The van der Waals surface area contributed by atoms with Crippen LogP contribution in [0.15, 0.2) is 0 Å². The lowest BCUT2D eigenvalue weighted by Gasteiger charge is -2.34. The van der Waals surface area contributed by atoms with E-state index in [1.54, 1.807) is 0 Å². The van der Waals surface area contributed by atoms with Crippen LogP contribution in [0.1, 0.15) is 38.5 Å². The van der Waals surface area contributed by atoms with Crippen LogP contribution in [-0.2, 0) is 9.53 Å². The quantitative estimate of drug-likeness (QED) is 0.718. The zero-order valence-corrected chi connectivity index (χ0v) is 8.05. The number of nitrogens with two attached hydrogens (primary N) is 1. The highest BCUT2D eigenvalue weighted by Gasteiger charge is 2.38. The average molecular weight is 184 g/mol. The van der Waals surface area contributed by atoms with E-state index in [-0.39, 0.29) is 5.91 Å². The maximum absolute atomic E-state index is 11.3. The summed E-state index contributed by atoms with van der Waals surface area (Å²) in [5.41, 5.74) is 4.69. The van der Waals surface area contributed by atoms with E-state index in [0.717, 1.165) is 38.5 Å². The summed E-state index contributed by atoms with van der Waals surface area (Å²) in [5, 5.41) is 0. The molecule has 3 nitrogen and oxygen atoms in total. The minimum absolute atomic E-state index is 0.305. The molecule has 1 fully saturated rings. The summed E-state index contributed by atoms with van der Waals surface area (Å²) in [5.74, 6) is -0.305. The molecule has 1 aliphatic rings. The van der Waals surface area contributed by atoms with Gasteiger partial charge in [-0.25, -0.2) is 0 Å². The molecular formula is C10H18NO2. The SMILES string of the molecule is [CH2]CCCC1(C(N)=O)CCCCO1. The molecule has 0 bridgehead atoms. The van der Waals surface area contributed by atoms with E-state index in [1.165, 1.54) is 0 Å². The molecule has 0 aromatic carbocycles. The van der Waals surface area contributed by atoms with E-state index in [9.17, 15) is 4.79 Å². The normalized spacial score (nSPS) is 28.7. The first kappa shape index (κ1) is 10.5. The number of amides is 1. The number of primary amides is 1. The lowest BCUT2D eigenvalue weighted by atomic mass is 9.88. The Labute approximate surface area is 79.6 Å². The molecule has 1 unspecified atom stereocenters. The van der Waals surface area contributed by atoms with Gasteiger partial charge in [-0.05, 0) is 25.7 Å². The third-order valence-electron chi connectivity index (χ3n) is 2.63. The third-order valence-corrected chi connectivity index (χ3v) is 2.63. The first-order valence-corrected chi connectivity index (χ1v) is 4.94. The Morgan fingerprint density at radius 1 is 1.54 bits per heavy atom. The molecule has 0 aliphatic carbocycles. The molecule has 1 heterocycles. The van der Waals surface area contributed by atoms with E-state index in [1.807, 2.05) is 0 Å². The highest BCUT2D eigenvalue weighted by Crippen LogP contribution is 2.29. The molecule has 0 aromatic heterocycles. The zero-order chi connectivity index (χ0) is 9.73. The summed E-state index contributed by atoms with van der Waals surface area (Å²) in [6.45, 7) is 4.42. The van der Waals surface area contributed by atoms with Crippen LogP contribution in [0.3, 0.4) is 0 Å². The number of rotatable bonds is 4. The van der Waals surface area contributed by atoms with Gasteiger partial charge in [0.15, 0.2) is 0 Å². The fourth-order valence-corrected chi connectivity index (χ4v) is 1.78. The van der Waals surface area contributed by atoms with Crippen molar-refractivity contribution in [1.82, 2.24) is 0 Å². The average Bonchev–Trinajstić information content (AvgIpc) is 2.16. The molecule has 13 heavy (non-hydrogen) atoms. The summed E-state index contributed by atoms with van der Waals surface area (Å²) in [7, 11) is 0. The van der Waals surface area contributed by atoms with Crippen molar-refractivity contribution in [3.63, 3.8) is 0 Å². The first-order valence-electron chi connectivity index (χ1n) is 4.94. The summed E-state index contributed by atoms with van der Waals surface area (Å²) in [6.07, 6.45) is 5.33. The van der Waals surface area contributed by atoms with Crippen LogP contribution in [0.2, 0.25) is 0 Å². The van der Waals surface area contributed by atoms with Gasteiger partial charge in [0.2, 0.25) is 5.91 Å². The second-order valence-corrected chi connectivity index (χ2v) is 3.62. The Kier molecular flexibility index (Phi) is 3.72. The number of ether oxygens (including phenoxy) is 1. The number of unbranched alkanes of at least 4 members (excludes halogenated alkanes) is 1. The van der Waals surface area contributed by atoms with Crippen LogP contribution in [0, 0.1) is 6.92 Å². The fourth-order valence-electron chi connectivity index (χ4n) is 1.78. The number of hydrogen-bond acceptors (Lipinski definition) is 2. The van der Waals surface area contributed by atoms with Crippen molar-refractivity contribution >= 4 is 5.91 Å². The Morgan fingerprint density at radius 3 is 2.77 bits per heavy atom. The van der Waals surface area contributed by atoms with Crippen molar-refractivity contribution in [1.29, 1.82) is 0 Å². The van der Waals surface area contributed by atoms with Crippen molar-refractivity contribution in [2.75, 3.05) is 6.61 Å². The Balaban J connectivity index is 2.56. The van der Waals surface area contributed by atoms with Gasteiger partial charge in [-0.1, -0.05) is 19.8 Å². The van der Waals surface area contributed by atoms with Crippen molar-refractivity contribution in [3.05, 3.63) is 6.92 Å². The van der Waals surface area contributed by atoms with Gasteiger partial charge in [-0.3, -0.25) is 4.79 Å². The molecule has 1 atom stereocenters. The van der Waals surface area contributed by atoms with Gasteiger partial charge >= 0.3 is 0 Å². The largest absolute Gasteiger partial charge is 0.367 e. The van der Waals surface area contributed by atoms with Crippen molar-refractivity contribution in [2.45, 2.75) is 44.1 Å². The molecule has 0 saturated carbocycles. The monoisotopic (exact) mass is 184 g/mol. The maximum Gasteiger partial charge on any atom is 0.249 e. The summed E-state index contributed by atoms with van der Waals surface area (Å²) < 4.78 is 5.53. The zero-order valence-electron chi connectivity index (χ0n) is 8.05. The van der Waals surface area contributed by atoms with Crippen LogP contribution in [0.4, 0.5) is 0 Å². The number of hydrogen-bond donors (Lipinski definition) is 1. The summed E-state index contributed by atoms with van der Waals surface area (Å²) >= 11 is 0. The topological polar surface area (TPSA) is 52.3 Å². The second-order valence-electron chi connectivity index (χ2n) is 3.62. The maximum atomic E-state index is 11.3. The van der Waals surface area contributed by atoms with E-state index in [2.05, 4.69) is 6.92 Å². The molecule has 1 radical (unpaired) electrons. The Hall–Kier alpha value is -0.570. The van der Waals surface area contributed by atoms with Crippen LogP contribution in [0.25, 0.3) is 0 Å². The molecule has 75 valence electrons. The van der Waals surface area contributed by atoms with Gasteiger partial charge < -0.3 is 10.5 Å². The van der Waals surface area contributed by atoms with Gasteiger partial charge in [0.1, 0.15) is 5.60 Å². The fraction of sp³-hybridized carbons (Fsp3) is 0.800. The van der Waals surface area contributed by atoms with Gasteiger partial charge in [0.05, 0.1) is 0 Å². The number of carbonyl (C=O) groups is 1. The van der Waals surface area contributed by atoms with E-state index < -0.39 is 5.60 Å². The second kappa shape index (κ2) is 4.61. The van der Waals surface area contributed by atoms with E-state index >= 15 is 0 Å². The highest BCUT2D eigenvalue weighted by atomic mass is 16.5. The van der Waals surface area contributed by atoms with Gasteiger partial charge in [-0.15, -0.1) is 0 Å². The van der Waals surface area contributed by atoms with Crippen LogP contribution in [-0.4, -0.2) is 18.1 Å². The predicted molar refractivity (Wildman–Crippen MR) is 50.9 cm³/mol. The molecule has 1 amide bonds. The molecule has 2 N–H and O–H groups in total. The van der Waals surface area contributed by atoms with E-state index in [4.69, 9.17) is 10.5 Å². The summed E-state index contributed by atoms with van der Waals surface area (Å²) in [4.78, 5) is 11.3. The van der Waals surface area contributed by atoms with E-state index in [0.29, 0.717) is 6.61 Å². The molecule has 0 spiro atoms. The molecule has 3 heteroatoms. The van der Waals surface area contributed by atoms with Crippen LogP contribution >= 0.6 is 0 Å². The van der Waals surface area contributed by atoms with Crippen molar-refractivity contribution in [2.24, 2.45) is 5.73 Å². The lowest BCUT2D eigenvalue weighted by molar-refractivity contribution is -0.151. The molecular weight excluding hydrogens is 166 g/mol. The Morgan fingerprint density at radius 2 is 2.31 bits per heavy atom. The summed E-state index contributed by atoms with van der Waals surface area (Å²) in [6, 6.07) is 0. The molecule has 1 saturated heterocycles. The van der Waals surface area contributed by atoms with Gasteiger partial charge in [0.25, 0.3) is 0 Å². The minimum Gasteiger partial charge on any atom is -0.367 e. The van der Waals surface area contributed by atoms with Gasteiger partial charge in [-0.2, -0.15) is 0 Å². The smallest absolute Gasteiger partial charge is 0.249 e. The van der Waals surface area contributed by atoms with Crippen LogP contribution in [0.5, 0.6) is 0 Å². The molecule has 1 rings (SSSR count). The molecule has 0 aromatic rings. The lowest BCUT2D eigenvalue weighted by Crippen LogP contribution is -2.48. The standard InChI is InChI=1S/C10H18NO2/c1-2-3-6-10(9(11)12)7-4-5-8-13-10/h1-8H2,(H2,11,12). The number of carbonyl (C=O) groups excluding carboxylic acids is 1. The van der Waals surface area contributed by atoms with Gasteiger partial charge in [0, 0.05) is 6.61 Å². The van der Waals surface area contributed by atoms with Crippen molar-refractivity contribution < 1.29 is 9.53 Å². The first-order chi connectivity index (χ1) is 6.21. The Bertz CT molecular complexity index is 174. The molecule has 1 aliphatic heterocycles. The predicted octanol–water partition coefficient (Wildman–Crippen LogP) is 1.42. The minimum atomic E-state index is -0.671. The van der Waals surface area contributed by atoms with Crippen molar-refractivity contribution in [3.8, 4) is 0 Å². The van der Waals surface area contributed by atoms with Crippen LogP contribution < -0.4 is 5.73 Å². The highest BCUT2D eigenvalue weighted by molar-refractivity contribution is 5.83.